The number of nitriles is 1. The normalized spacial score (nSPS) is 10.5. The Hall–Kier alpha value is -3.50. The summed E-state index contributed by atoms with van der Waals surface area (Å²) in [6, 6.07) is 15.2. The van der Waals surface area contributed by atoms with Gasteiger partial charge in [0.25, 0.3) is 0 Å². The first-order valence-electron chi connectivity index (χ1n) is 8.37. The first-order chi connectivity index (χ1) is 13.3. The molecule has 7 heteroatoms. The van der Waals surface area contributed by atoms with E-state index in [0.29, 0.717) is 17.2 Å². The minimum absolute atomic E-state index is 0.409. The number of hydrogen-bond donors (Lipinski definition) is 1. The molecule has 0 aliphatic carbocycles. The van der Waals surface area contributed by atoms with Gasteiger partial charge in [-0.1, -0.05) is 12.1 Å². The standard InChI is InChI=1S/C20H15N5OS/c21-12-15-6-8-22-18(11-15)26-16-3-1-14(2-4-16)5-9-23-19-17-7-10-27-20(17)25-13-24-19/h1-4,6-8,10-11,13H,5,9H2,(H,23,24,25). The van der Waals surface area contributed by atoms with E-state index in [1.54, 1.807) is 36.0 Å². The number of ether oxygens (including phenoxy) is 1. The number of pyridine rings is 1. The molecule has 4 rings (SSSR count). The Morgan fingerprint density at radius 1 is 1.07 bits per heavy atom. The van der Waals surface area contributed by atoms with Gasteiger partial charge in [0, 0.05) is 18.8 Å². The molecule has 27 heavy (non-hydrogen) atoms. The lowest BCUT2D eigenvalue weighted by Crippen LogP contribution is -2.06. The lowest BCUT2D eigenvalue weighted by molar-refractivity contribution is 0.462. The molecule has 0 aliphatic rings. The zero-order valence-electron chi connectivity index (χ0n) is 14.3. The average Bonchev–Trinajstić information content (AvgIpc) is 3.19. The molecule has 0 spiro atoms. The maximum absolute atomic E-state index is 8.93. The highest BCUT2D eigenvalue weighted by atomic mass is 32.1. The Labute approximate surface area is 160 Å². The molecule has 3 heterocycles. The third kappa shape index (κ3) is 4.02. The molecule has 0 atom stereocenters. The van der Waals surface area contributed by atoms with Crippen molar-refractivity contribution in [3.8, 4) is 17.7 Å². The van der Waals surface area contributed by atoms with Crippen LogP contribution in [0.3, 0.4) is 0 Å². The van der Waals surface area contributed by atoms with E-state index in [4.69, 9.17) is 10.00 Å². The number of anilines is 1. The summed E-state index contributed by atoms with van der Waals surface area (Å²) in [6.45, 7) is 0.772. The van der Waals surface area contributed by atoms with Crippen molar-refractivity contribution in [2.75, 3.05) is 11.9 Å². The van der Waals surface area contributed by atoms with Gasteiger partial charge < -0.3 is 10.1 Å². The summed E-state index contributed by atoms with van der Waals surface area (Å²) in [7, 11) is 0. The van der Waals surface area contributed by atoms with Gasteiger partial charge in [-0.05, 0) is 41.6 Å². The highest BCUT2D eigenvalue weighted by Gasteiger charge is 2.04. The quantitative estimate of drug-likeness (QED) is 0.539. The summed E-state index contributed by atoms with van der Waals surface area (Å²) in [5.74, 6) is 1.96. The van der Waals surface area contributed by atoms with E-state index in [2.05, 4.69) is 26.3 Å². The second-order valence-corrected chi connectivity index (χ2v) is 6.67. The number of aromatic nitrogens is 3. The molecular formula is C20H15N5OS. The van der Waals surface area contributed by atoms with Crippen LogP contribution >= 0.6 is 11.3 Å². The summed E-state index contributed by atoms with van der Waals surface area (Å²) in [5, 5.41) is 15.4. The van der Waals surface area contributed by atoms with Crippen LogP contribution in [0, 0.1) is 11.3 Å². The lowest BCUT2D eigenvalue weighted by atomic mass is 10.1. The molecule has 0 saturated carbocycles. The largest absolute Gasteiger partial charge is 0.439 e. The van der Waals surface area contributed by atoms with Crippen molar-refractivity contribution >= 4 is 27.4 Å². The Balaban J connectivity index is 1.35. The molecule has 0 unspecified atom stereocenters. The number of nitrogens with one attached hydrogen (secondary N) is 1. The number of rotatable bonds is 6. The second-order valence-electron chi connectivity index (χ2n) is 5.78. The van der Waals surface area contributed by atoms with Gasteiger partial charge in [-0.3, -0.25) is 0 Å². The molecule has 1 aromatic carbocycles. The Kier molecular flexibility index (Phi) is 4.90. The predicted octanol–water partition coefficient (Wildman–Crippen LogP) is 4.40. The van der Waals surface area contributed by atoms with E-state index in [-0.39, 0.29) is 0 Å². The van der Waals surface area contributed by atoms with Gasteiger partial charge in [0.2, 0.25) is 5.88 Å². The Bertz CT molecular complexity index is 1100. The third-order valence-corrected chi connectivity index (χ3v) is 4.80. The summed E-state index contributed by atoms with van der Waals surface area (Å²) < 4.78 is 5.70. The van der Waals surface area contributed by atoms with Crippen molar-refractivity contribution in [1.82, 2.24) is 15.0 Å². The molecule has 132 valence electrons. The van der Waals surface area contributed by atoms with Crippen LogP contribution in [0.5, 0.6) is 11.6 Å². The zero-order chi connectivity index (χ0) is 18.5. The van der Waals surface area contributed by atoms with Crippen LogP contribution in [0.25, 0.3) is 10.2 Å². The highest BCUT2D eigenvalue weighted by molar-refractivity contribution is 7.16. The van der Waals surface area contributed by atoms with Gasteiger partial charge in [-0.25, -0.2) is 15.0 Å². The SMILES string of the molecule is N#Cc1ccnc(Oc2ccc(CCNc3ncnc4sccc34)cc2)c1. The molecule has 0 aliphatic heterocycles. The summed E-state index contributed by atoms with van der Waals surface area (Å²) in [6.07, 6.45) is 4.01. The van der Waals surface area contributed by atoms with E-state index in [1.807, 2.05) is 35.7 Å². The molecular weight excluding hydrogens is 358 g/mol. The van der Waals surface area contributed by atoms with Gasteiger partial charge in [0.15, 0.2) is 0 Å². The predicted molar refractivity (Wildman–Crippen MR) is 105 cm³/mol. The molecule has 0 bridgehead atoms. The number of benzene rings is 1. The zero-order valence-corrected chi connectivity index (χ0v) is 15.1. The van der Waals surface area contributed by atoms with E-state index in [0.717, 1.165) is 29.0 Å². The van der Waals surface area contributed by atoms with Gasteiger partial charge in [0.05, 0.1) is 17.0 Å². The average molecular weight is 373 g/mol. The molecule has 0 amide bonds. The molecule has 3 aromatic heterocycles. The van der Waals surface area contributed by atoms with Crippen LogP contribution in [0.1, 0.15) is 11.1 Å². The van der Waals surface area contributed by atoms with Crippen LogP contribution in [-0.4, -0.2) is 21.5 Å². The maximum Gasteiger partial charge on any atom is 0.220 e. The van der Waals surface area contributed by atoms with Crippen LogP contribution in [0.4, 0.5) is 5.82 Å². The van der Waals surface area contributed by atoms with Crippen LogP contribution in [0.2, 0.25) is 0 Å². The van der Waals surface area contributed by atoms with Crippen molar-refractivity contribution < 1.29 is 4.74 Å². The molecule has 4 aromatic rings. The second kappa shape index (κ2) is 7.81. The summed E-state index contributed by atoms with van der Waals surface area (Å²) in [4.78, 5) is 13.7. The van der Waals surface area contributed by atoms with Gasteiger partial charge in [0.1, 0.15) is 22.7 Å². The topological polar surface area (TPSA) is 83.7 Å². The smallest absolute Gasteiger partial charge is 0.220 e. The van der Waals surface area contributed by atoms with E-state index in [9.17, 15) is 0 Å². The van der Waals surface area contributed by atoms with Crippen molar-refractivity contribution in [1.29, 1.82) is 5.26 Å². The Morgan fingerprint density at radius 3 is 2.81 bits per heavy atom. The van der Waals surface area contributed by atoms with Crippen LogP contribution < -0.4 is 10.1 Å². The molecule has 0 saturated heterocycles. The monoisotopic (exact) mass is 373 g/mol. The number of thiophene rings is 1. The molecule has 1 N–H and O–H groups in total. The number of hydrogen-bond acceptors (Lipinski definition) is 7. The van der Waals surface area contributed by atoms with Crippen molar-refractivity contribution in [2.24, 2.45) is 0 Å². The van der Waals surface area contributed by atoms with Crippen molar-refractivity contribution in [3.05, 3.63) is 71.5 Å². The fraction of sp³-hybridized carbons (Fsp3) is 0.100. The van der Waals surface area contributed by atoms with Gasteiger partial charge in [-0.15, -0.1) is 11.3 Å². The fourth-order valence-electron chi connectivity index (χ4n) is 2.64. The van der Waals surface area contributed by atoms with E-state index < -0.39 is 0 Å². The fourth-order valence-corrected chi connectivity index (χ4v) is 3.37. The summed E-state index contributed by atoms with van der Waals surface area (Å²) >= 11 is 1.61. The molecule has 0 radical (unpaired) electrons. The lowest BCUT2D eigenvalue weighted by Gasteiger charge is -2.08. The number of nitrogens with zero attached hydrogens (tertiary/aromatic N) is 4. The highest BCUT2D eigenvalue weighted by Crippen LogP contribution is 2.24. The van der Waals surface area contributed by atoms with E-state index >= 15 is 0 Å². The Morgan fingerprint density at radius 2 is 1.96 bits per heavy atom. The van der Waals surface area contributed by atoms with Gasteiger partial charge in [-0.2, -0.15) is 5.26 Å². The van der Waals surface area contributed by atoms with E-state index in [1.165, 1.54) is 5.56 Å². The van der Waals surface area contributed by atoms with Crippen molar-refractivity contribution in [3.63, 3.8) is 0 Å². The third-order valence-electron chi connectivity index (χ3n) is 3.98. The van der Waals surface area contributed by atoms with Gasteiger partial charge >= 0.3 is 0 Å². The first kappa shape index (κ1) is 16.9. The van der Waals surface area contributed by atoms with Crippen molar-refractivity contribution in [2.45, 2.75) is 6.42 Å². The first-order valence-corrected chi connectivity index (χ1v) is 9.25. The minimum Gasteiger partial charge on any atom is -0.439 e. The number of fused-ring (bicyclic) bond motifs is 1. The van der Waals surface area contributed by atoms with Crippen LogP contribution in [-0.2, 0) is 6.42 Å². The molecule has 0 fully saturated rings. The summed E-state index contributed by atoms with van der Waals surface area (Å²) in [5.41, 5.74) is 1.70. The minimum atomic E-state index is 0.409. The van der Waals surface area contributed by atoms with Crippen LogP contribution in [0.15, 0.2) is 60.4 Å². The maximum atomic E-state index is 8.93. The molecule has 6 nitrogen and oxygen atoms in total.